The molecule has 1 aromatic rings. The highest BCUT2D eigenvalue weighted by Crippen LogP contribution is 2.21. The van der Waals surface area contributed by atoms with Crippen molar-refractivity contribution in [1.29, 1.82) is 0 Å². The van der Waals surface area contributed by atoms with Crippen LogP contribution < -0.4 is 0 Å². The summed E-state index contributed by atoms with van der Waals surface area (Å²) in [5.74, 6) is 0.950. The van der Waals surface area contributed by atoms with E-state index in [9.17, 15) is 9.59 Å². The van der Waals surface area contributed by atoms with Crippen LogP contribution in [0, 0.1) is 19.8 Å². The predicted molar refractivity (Wildman–Crippen MR) is 88.2 cm³/mol. The van der Waals surface area contributed by atoms with E-state index in [0.29, 0.717) is 19.5 Å². The van der Waals surface area contributed by atoms with E-state index in [-0.39, 0.29) is 17.7 Å². The molecule has 2 saturated heterocycles. The van der Waals surface area contributed by atoms with Gasteiger partial charge in [-0.1, -0.05) is 5.16 Å². The number of hydrogen-bond acceptors (Lipinski definition) is 5. The summed E-state index contributed by atoms with van der Waals surface area (Å²) < 4.78 is 5.22. The van der Waals surface area contributed by atoms with Crippen LogP contribution in [0.15, 0.2) is 4.52 Å². The van der Waals surface area contributed by atoms with Crippen LogP contribution in [0.25, 0.3) is 0 Å². The molecule has 132 valence electrons. The molecule has 7 heteroatoms. The van der Waals surface area contributed by atoms with E-state index in [1.807, 2.05) is 25.7 Å². The second-order valence-electron chi connectivity index (χ2n) is 6.74. The number of aryl methyl sites for hydroxylation is 2. The molecule has 3 heterocycles. The lowest BCUT2D eigenvalue weighted by atomic mass is 10.1. The summed E-state index contributed by atoms with van der Waals surface area (Å²) in [6.07, 6.45) is 0.367. The van der Waals surface area contributed by atoms with E-state index >= 15 is 0 Å². The lowest BCUT2D eigenvalue weighted by molar-refractivity contribution is -0.137. The zero-order valence-electron chi connectivity index (χ0n) is 14.7. The van der Waals surface area contributed by atoms with Gasteiger partial charge < -0.3 is 14.3 Å². The molecular formula is C17H26N4O3. The summed E-state index contributed by atoms with van der Waals surface area (Å²) in [7, 11) is 0. The number of aromatic nitrogens is 1. The zero-order chi connectivity index (χ0) is 17.3. The molecule has 0 N–H and O–H groups in total. The van der Waals surface area contributed by atoms with Gasteiger partial charge in [-0.3, -0.25) is 14.5 Å². The second-order valence-corrected chi connectivity index (χ2v) is 6.74. The van der Waals surface area contributed by atoms with Gasteiger partial charge in [0.15, 0.2) is 0 Å². The molecule has 0 aromatic carbocycles. The Hall–Kier alpha value is -1.89. The minimum atomic E-state index is -0.161. The topological polar surface area (TPSA) is 69.9 Å². The maximum atomic E-state index is 12.6. The molecule has 3 rings (SSSR count). The van der Waals surface area contributed by atoms with Gasteiger partial charge in [-0.15, -0.1) is 0 Å². The quantitative estimate of drug-likeness (QED) is 0.815. The monoisotopic (exact) mass is 334 g/mol. The van der Waals surface area contributed by atoms with Gasteiger partial charge in [0.1, 0.15) is 5.76 Å². The van der Waals surface area contributed by atoms with E-state index in [0.717, 1.165) is 49.7 Å². The van der Waals surface area contributed by atoms with Crippen LogP contribution in [0.3, 0.4) is 0 Å². The first-order valence-electron chi connectivity index (χ1n) is 8.70. The highest BCUT2D eigenvalue weighted by molar-refractivity contribution is 5.89. The molecule has 2 aliphatic heterocycles. The number of amides is 2. The molecule has 1 aromatic heterocycles. The molecule has 2 amide bonds. The molecule has 2 aliphatic rings. The normalized spacial score (nSPS) is 22.5. The van der Waals surface area contributed by atoms with Crippen LogP contribution in [0.5, 0.6) is 0 Å². The molecule has 0 radical (unpaired) electrons. The number of rotatable bonds is 4. The van der Waals surface area contributed by atoms with E-state index in [2.05, 4.69) is 10.1 Å². The molecule has 1 atom stereocenters. The van der Waals surface area contributed by atoms with Crippen molar-refractivity contribution in [2.24, 2.45) is 5.92 Å². The van der Waals surface area contributed by atoms with Crippen molar-refractivity contribution in [2.45, 2.75) is 33.7 Å². The second kappa shape index (κ2) is 6.93. The Balaban J connectivity index is 1.52. The van der Waals surface area contributed by atoms with Crippen molar-refractivity contribution < 1.29 is 14.1 Å². The maximum Gasteiger partial charge on any atom is 0.228 e. The third kappa shape index (κ3) is 3.31. The van der Waals surface area contributed by atoms with Crippen LogP contribution in [-0.2, 0) is 16.1 Å². The third-order valence-electron chi connectivity index (χ3n) is 5.19. The number of nitrogens with zero attached hydrogens (tertiary/aromatic N) is 4. The van der Waals surface area contributed by atoms with Gasteiger partial charge >= 0.3 is 0 Å². The average molecular weight is 334 g/mol. The first kappa shape index (κ1) is 17.0. The van der Waals surface area contributed by atoms with E-state index in [1.54, 1.807) is 4.90 Å². The number of piperazine rings is 1. The first-order valence-corrected chi connectivity index (χ1v) is 8.70. The van der Waals surface area contributed by atoms with Crippen LogP contribution in [0.2, 0.25) is 0 Å². The third-order valence-corrected chi connectivity index (χ3v) is 5.19. The standard InChI is InChI=1S/C17H26N4O3/c1-4-20-10-14(9-16(20)22)17(23)21-7-5-19(6-8-21)11-15-12(2)18-24-13(15)3/h14H,4-11H2,1-3H3. The fourth-order valence-electron chi connectivity index (χ4n) is 3.58. The summed E-state index contributed by atoms with van der Waals surface area (Å²) in [6.45, 7) is 11.1. The van der Waals surface area contributed by atoms with Crippen molar-refractivity contribution in [3.8, 4) is 0 Å². The highest BCUT2D eigenvalue weighted by Gasteiger charge is 2.36. The Morgan fingerprint density at radius 1 is 1.25 bits per heavy atom. The minimum Gasteiger partial charge on any atom is -0.361 e. The molecule has 24 heavy (non-hydrogen) atoms. The summed E-state index contributed by atoms with van der Waals surface area (Å²) in [5.41, 5.74) is 2.09. The lowest BCUT2D eigenvalue weighted by Gasteiger charge is -2.35. The molecule has 2 fully saturated rings. The van der Waals surface area contributed by atoms with Crippen LogP contribution in [-0.4, -0.2) is 70.9 Å². The number of hydrogen-bond donors (Lipinski definition) is 0. The smallest absolute Gasteiger partial charge is 0.228 e. The van der Waals surface area contributed by atoms with E-state index in [1.165, 1.54) is 0 Å². The van der Waals surface area contributed by atoms with Gasteiger partial charge in [0, 0.05) is 57.8 Å². The highest BCUT2D eigenvalue weighted by atomic mass is 16.5. The Morgan fingerprint density at radius 2 is 1.96 bits per heavy atom. The molecule has 0 aliphatic carbocycles. The van der Waals surface area contributed by atoms with Gasteiger partial charge in [0.2, 0.25) is 11.8 Å². The lowest BCUT2D eigenvalue weighted by Crippen LogP contribution is -2.50. The van der Waals surface area contributed by atoms with E-state index < -0.39 is 0 Å². The van der Waals surface area contributed by atoms with Gasteiger partial charge in [-0.05, 0) is 20.8 Å². The molecular weight excluding hydrogens is 308 g/mol. The van der Waals surface area contributed by atoms with Crippen LogP contribution in [0.1, 0.15) is 30.4 Å². The predicted octanol–water partition coefficient (Wildman–Crippen LogP) is 0.804. The molecule has 7 nitrogen and oxygen atoms in total. The SMILES string of the molecule is CCN1CC(C(=O)N2CCN(Cc3c(C)noc3C)CC2)CC1=O. The van der Waals surface area contributed by atoms with E-state index in [4.69, 9.17) is 4.52 Å². The summed E-state index contributed by atoms with van der Waals surface area (Å²) in [5, 5.41) is 4.00. The van der Waals surface area contributed by atoms with Crippen molar-refractivity contribution in [2.75, 3.05) is 39.3 Å². The van der Waals surface area contributed by atoms with Gasteiger partial charge in [0.25, 0.3) is 0 Å². The van der Waals surface area contributed by atoms with Gasteiger partial charge in [-0.2, -0.15) is 0 Å². The molecule has 0 bridgehead atoms. The van der Waals surface area contributed by atoms with Crippen LogP contribution >= 0.6 is 0 Å². The fraction of sp³-hybridized carbons (Fsp3) is 0.706. The Morgan fingerprint density at radius 3 is 2.50 bits per heavy atom. The number of carbonyl (C=O) groups excluding carboxylic acids is 2. The fourth-order valence-corrected chi connectivity index (χ4v) is 3.58. The van der Waals surface area contributed by atoms with Gasteiger partial charge in [-0.25, -0.2) is 0 Å². The van der Waals surface area contributed by atoms with Crippen molar-refractivity contribution in [1.82, 2.24) is 19.9 Å². The minimum absolute atomic E-state index is 0.105. The van der Waals surface area contributed by atoms with Crippen molar-refractivity contribution in [3.05, 3.63) is 17.0 Å². The zero-order valence-corrected chi connectivity index (χ0v) is 14.7. The van der Waals surface area contributed by atoms with Crippen molar-refractivity contribution in [3.63, 3.8) is 0 Å². The molecule has 0 spiro atoms. The van der Waals surface area contributed by atoms with Crippen molar-refractivity contribution >= 4 is 11.8 Å². The number of likely N-dealkylation sites (tertiary alicyclic amines) is 1. The number of carbonyl (C=O) groups is 2. The average Bonchev–Trinajstić information content (AvgIpc) is 3.11. The Kier molecular flexibility index (Phi) is 4.89. The Bertz CT molecular complexity index is 600. The van der Waals surface area contributed by atoms with Crippen LogP contribution in [0.4, 0.5) is 0 Å². The Labute approximate surface area is 142 Å². The summed E-state index contributed by atoms with van der Waals surface area (Å²) >= 11 is 0. The molecule has 0 saturated carbocycles. The largest absolute Gasteiger partial charge is 0.361 e. The van der Waals surface area contributed by atoms with Gasteiger partial charge in [0.05, 0.1) is 11.6 Å². The first-order chi connectivity index (χ1) is 11.5. The maximum absolute atomic E-state index is 12.6. The summed E-state index contributed by atoms with van der Waals surface area (Å²) in [4.78, 5) is 30.5. The molecule has 1 unspecified atom stereocenters. The summed E-state index contributed by atoms with van der Waals surface area (Å²) in [6, 6.07) is 0.